The molecule has 5 nitrogen and oxygen atoms in total. The SMILES string of the molecule is CCCN1CC=C(c2ccc3c(c2)C(Nc2cccc(Cl)c2)CCN/C3=C(/C)N=N)CC1. The Morgan fingerprint density at radius 2 is 2.16 bits per heavy atom. The van der Waals surface area contributed by atoms with Crippen LogP contribution in [0, 0.1) is 5.53 Å². The fourth-order valence-electron chi connectivity index (χ4n) is 4.67. The third-order valence-corrected chi connectivity index (χ3v) is 6.57. The van der Waals surface area contributed by atoms with Crippen molar-refractivity contribution in [2.75, 3.05) is 31.5 Å². The Balaban J connectivity index is 1.72. The first-order chi connectivity index (χ1) is 15.6. The largest absolute Gasteiger partial charge is 0.383 e. The molecule has 2 aliphatic heterocycles. The lowest BCUT2D eigenvalue weighted by Gasteiger charge is -2.27. The van der Waals surface area contributed by atoms with Crippen LogP contribution in [0.25, 0.3) is 11.3 Å². The van der Waals surface area contributed by atoms with Crippen LogP contribution < -0.4 is 10.6 Å². The van der Waals surface area contributed by atoms with Gasteiger partial charge in [0.1, 0.15) is 0 Å². The van der Waals surface area contributed by atoms with E-state index in [-0.39, 0.29) is 6.04 Å². The zero-order chi connectivity index (χ0) is 22.5. The Kier molecular flexibility index (Phi) is 7.28. The van der Waals surface area contributed by atoms with Gasteiger partial charge in [-0.1, -0.05) is 42.8 Å². The molecule has 2 heterocycles. The maximum absolute atomic E-state index is 7.55. The molecule has 0 spiro atoms. The summed E-state index contributed by atoms with van der Waals surface area (Å²) in [4.78, 5) is 2.51. The summed E-state index contributed by atoms with van der Waals surface area (Å²) in [6.45, 7) is 8.24. The monoisotopic (exact) mass is 449 g/mol. The Morgan fingerprint density at radius 3 is 2.88 bits per heavy atom. The number of nitrogens with one attached hydrogen (secondary N) is 3. The second kappa shape index (κ2) is 10.3. The lowest BCUT2D eigenvalue weighted by atomic mass is 9.90. The molecule has 0 radical (unpaired) electrons. The summed E-state index contributed by atoms with van der Waals surface area (Å²) in [6.07, 6.45) is 5.58. The third kappa shape index (κ3) is 5.05. The zero-order valence-corrected chi connectivity index (χ0v) is 19.7. The van der Waals surface area contributed by atoms with E-state index in [4.69, 9.17) is 17.1 Å². The lowest BCUT2D eigenvalue weighted by molar-refractivity contribution is 0.302. The lowest BCUT2D eigenvalue weighted by Crippen LogP contribution is -2.29. The normalized spacial score (nSPS) is 20.5. The molecule has 2 aliphatic rings. The van der Waals surface area contributed by atoms with E-state index in [2.05, 4.69) is 57.9 Å². The first-order valence-electron chi connectivity index (χ1n) is 11.5. The van der Waals surface area contributed by atoms with E-state index < -0.39 is 0 Å². The highest BCUT2D eigenvalue weighted by atomic mass is 35.5. The van der Waals surface area contributed by atoms with Gasteiger partial charge in [0.15, 0.2) is 0 Å². The summed E-state index contributed by atoms with van der Waals surface area (Å²) in [6, 6.07) is 14.8. The number of halogens is 1. The predicted molar refractivity (Wildman–Crippen MR) is 134 cm³/mol. The third-order valence-electron chi connectivity index (χ3n) is 6.33. The molecule has 0 bridgehead atoms. The van der Waals surface area contributed by atoms with Crippen molar-refractivity contribution in [1.82, 2.24) is 10.2 Å². The Bertz CT molecular complexity index is 1040. The van der Waals surface area contributed by atoms with Crippen molar-refractivity contribution in [2.45, 2.75) is 39.2 Å². The minimum absolute atomic E-state index is 0.132. The van der Waals surface area contributed by atoms with E-state index in [0.29, 0.717) is 5.70 Å². The minimum atomic E-state index is 0.132. The van der Waals surface area contributed by atoms with Gasteiger partial charge in [0, 0.05) is 35.9 Å². The molecule has 0 aromatic heterocycles. The van der Waals surface area contributed by atoms with Crippen molar-refractivity contribution in [1.29, 1.82) is 5.53 Å². The van der Waals surface area contributed by atoms with Gasteiger partial charge in [-0.15, -0.1) is 0 Å². The topological polar surface area (TPSA) is 63.5 Å². The van der Waals surface area contributed by atoms with Crippen LogP contribution in [0.15, 0.2) is 59.4 Å². The Labute approximate surface area is 196 Å². The van der Waals surface area contributed by atoms with Crippen molar-refractivity contribution in [2.24, 2.45) is 5.11 Å². The fourth-order valence-corrected chi connectivity index (χ4v) is 4.86. The number of anilines is 1. The van der Waals surface area contributed by atoms with E-state index in [1.807, 2.05) is 25.1 Å². The number of rotatable bonds is 6. The molecule has 1 atom stereocenters. The van der Waals surface area contributed by atoms with E-state index in [9.17, 15) is 0 Å². The van der Waals surface area contributed by atoms with Gasteiger partial charge in [-0.2, -0.15) is 5.11 Å². The number of benzene rings is 2. The number of hydrogen-bond donors (Lipinski definition) is 3. The van der Waals surface area contributed by atoms with Gasteiger partial charge in [-0.3, -0.25) is 4.90 Å². The quantitative estimate of drug-likeness (QED) is 0.429. The molecule has 0 saturated carbocycles. The maximum atomic E-state index is 7.55. The molecular formula is C26H32ClN5. The number of fused-ring (bicyclic) bond motifs is 1. The van der Waals surface area contributed by atoms with E-state index in [1.54, 1.807) is 0 Å². The second-order valence-corrected chi connectivity index (χ2v) is 9.01. The van der Waals surface area contributed by atoms with Crippen molar-refractivity contribution >= 4 is 28.6 Å². The molecule has 2 aromatic rings. The minimum Gasteiger partial charge on any atom is -0.383 e. The number of allylic oxidation sites excluding steroid dienone is 1. The summed E-state index contributed by atoms with van der Waals surface area (Å²) >= 11 is 6.24. The molecule has 2 aromatic carbocycles. The van der Waals surface area contributed by atoms with Crippen LogP contribution in [0.2, 0.25) is 5.02 Å². The predicted octanol–water partition coefficient (Wildman–Crippen LogP) is 6.71. The zero-order valence-electron chi connectivity index (χ0n) is 18.9. The molecule has 32 heavy (non-hydrogen) atoms. The molecule has 0 amide bonds. The Hall–Kier alpha value is -2.63. The van der Waals surface area contributed by atoms with E-state index in [0.717, 1.165) is 61.0 Å². The summed E-state index contributed by atoms with van der Waals surface area (Å²) in [5.41, 5.74) is 15.3. The van der Waals surface area contributed by atoms with Crippen molar-refractivity contribution in [3.8, 4) is 0 Å². The highest BCUT2D eigenvalue weighted by Gasteiger charge is 2.24. The van der Waals surface area contributed by atoms with Crippen LogP contribution >= 0.6 is 11.6 Å². The van der Waals surface area contributed by atoms with Crippen LogP contribution in [0.4, 0.5) is 5.69 Å². The summed E-state index contributed by atoms with van der Waals surface area (Å²) < 4.78 is 0. The Morgan fingerprint density at radius 1 is 1.28 bits per heavy atom. The van der Waals surface area contributed by atoms with Crippen molar-refractivity contribution in [3.63, 3.8) is 0 Å². The van der Waals surface area contributed by atoms with Crippen LogP contribution in [0.3, 0.4) is 0 Å². The summed E-state index contributed by atoms with van der Waals surface area (Å²) in [5.74, 6) is 0. The van der Waals surface area contributed by atoms with E-state index in [1.165, 1.54) is 23.1 Å². The average Bonchev–Trinajstić information content (AvgIpc) is 2.98. The molecule has 1 unspecified atom stereocenters. The molecule has 4 rings (SSSR count). The van der Waals surface area contributed by atoms with Crippen LogP contribution in [0.1, 0.15) is 55.8 Å². The van der Waals surface area contributed by atoms with Gasteiger partial charge < -0.3 is 10.6 Å². The standard InChI is InChI=1S/C26H32ClN5/c1-3-13-32-14-10-19(11-15-32)20-7-8-23-24(16-20)25(9-12-29-26(23)18(2)31-28)30-22-6-4-5-21(27)17-22/h4-8,10,16-17,25,28-30H,3,9,11-15H2,1-2H3/b26-18-,31-28?. The number of hydrogen-bond acceptors (Lipinski definition) is 5. The molecule has 0 saturated heterocycles. The van der Waals surface area contributed by atoms with Crippen molar-refractivity contribution in [3.05, 3.63) is 76.0 Å². The molecule has 168 valence electrons. The highest BCUT2D eigenvalue weighted by molar-refractivity contribution is 6.30. The average molecular weight is 450 g/mol. The van der Waals surface area contributed by atoms with Gasteiger partial charge >= 0.3 is 0 Å². The number of nitrogens with zero attached hydrogens (tertiary/aromatic N) is 2. The van der Waals surface area contributed by atoms with Crippen LogP contribution in [-0.4, -0.2) is 31.1 Å². The second-order valence-electron chi connectivity index (χ2n) is 8.58. The molecule has 3 N–H and O–H groups in total. The highest BCUT2D eigenvalue weighted by Crippen LogP contribution is 2.36. The maximum Gasteiger partial charge on any atom is 0.0829 e. The molecule has 6 heteroatoms. The van der Waals surface area contributed by atoms with Crippen molar-refractivity contribution < 1.29 is 0 Å². The van der Waals surface area contributed by atoms with Gasteiger partial charge in [0.2, 0.25) is 0 Å². The molecule has 0 fully saturated rings. The molecular weight excluding hydrogens is 418 g/mol. The van der Waals surface area contributed by atoms with Crippen LogP contribution in [0.5, 0.6) is 0 Å². The smallest absolute Gasteiger partial charge is 0.0829 e. The summed E-state index contributed by atoms with van der Waals surface area (Å²) in [7, 11) is 0. The van der Waals surface area contributed by atoms with Gasteiger partial charge in [0.05, 0.1) is 17.4 Å². The van der Waals surface area contributed by atoms with Gasteiger partial charge in [-0.25, -0.2) is 5.53 Å². The van der Waals surface area contributed by atoms with E-state index >= 15 is 0 Å². The van der Waals surface area contributed by atoms with Gasteiger partial charge in [-0.05, 0) is 73.7 Å². The van der Waals surface area contributed by atoms with Crippen LogP contribution in [-0.2, 0) is 0 Å². The first-order valence-corrected chi connectivity index (χ1v) is 11.9. The first kappa shape index (κ1) is 22.6. The summed E-state index contributed by atoms with van der Waals surface area (Å²) in [5, 5.41) is 11.7. The van der Waals surface area contributed by atoms with Gasteiger partial charge in [0.25, 0.3) is 0 Å². The fraction of sp³-hybridized carbons (Fsp3) is 0.385. The molecule has 0 aliphatic carbocycles.